The fourth-order valence-corrected chi connectivity index (χ4v) is 4.00. The molecule has 10 heteroatoms. The number of carbonyl (C=O) groups is 1. The summed E-state index contributed by atoms with van der Waals surface area (Å²) in [7, 11) is 0. The smallest absolute Gasteiger partial charge is 0.407 e. The molecule has 1 fully saturated rings. The van der Waals surface area contributed by atoms with Gasteiger partial charge in [-0.25, -0.2) is 4.79 Å². The van der Waals surface area contributed by atoms with E-state index in [-0.39, 0.29) is 12.7 Å². The third-order valence-electron chi connectivity index (χ3n) is 5.86. The summed E-state index contributed by atoms with van der Waals surface area (Å²) in [4.78, 5) is 11.8. The Morgan fingerprint density at radius 3 is 1.57 bits per heavy atom. The summed E-state index contributed by atoms with van der Waals surface area (Å²) in [6, 6.07) is 0. The summed E-state index contributed by atoms with van der Waals surface area (Å²) < 4.78 is 37.4. The number of rotatable bonds is 22. The average molecular weight is 502 g/mol. The van der Waals surface area contributed by atoms with Crippen LogP contribution in [0, 0.1) is 29.6 Å². The maximum atomic E-state index is 11.8. The summed E-state index contributed by atoms with van der Waals surface area (Å²) in [5.74, 6) is 8.25. The first kappa shape index (κ1) is 29.8. The van der Waals surface area contributed by atoms with Crippen LogP contribution in [0.25, 0.3) is 0 Å². The molecule has 35 heavy (non-hydrogen) atoms. The van der Waals surface area contributed by atoms with Crippen LogP contribution >= 0.6 is 0 Å². The van der Waals surface area contributed by atoms with Crippen molar-refractivity contribution in [3.8, 4) is 11.8 Å². The minimum absolute atomic E-state index is 0.0252. The third kappa shape index (κ3) is 15.3. The number of fused-ring (bicyclic) bond motifs is 1. The molecular weight excluding hydrogens is 458 g/mol. The maximum absolute atomic E-state index is 11.8. The topological polar surface area (TPSA) is 114 Å². The van der Waals surface area contributed by atoms with E-state index < -0.39 is 0 Å². The molecule has 1 saturated carbocycles. The zero-order valence-electron chi connectivity index (χ0n) is 20.9. The molecule has 202 valence electrons. The average Bonchev–Trinajstić information content (AvgIpc) is 3.50. The van der Waals surface area contributed by atoms with Crippen molar-refractivity contribution < 1.29 is 43.1 Å². The molecule has 0 heterocycles. The molecule has 3 atom stereocenters. The van der Waals surface area contributed by atoms with Gasteiger partial charge in [0.25, 0.3) is 0 Å². The van der Waals surface area contributed by atoms with E-state index in [0.717, 1.165) is 25.7 Å². The molecule has 0 aromatic heterocycles. The zero-order valence-corrected chi connectivity index (χ0v) is 20.9. The summed E-state index contributed by atoms with van der Waals surface area (Å²) in [6.07, 6.45) is 3.82. The van der Waals surface area contributed by atoms with Gasteiger partial charge in [0.15, 0.2) is 0 Å². The van der Waals surface area contributed by atoms with E-state index >= 15 is 0 Å². The van der Waals surface area contributed by atoms with E-state index in [1.807, 2.05) is 0 Å². The van der Waals surface area contributed by atoms with Gasteiger partial charge in [-0.15, -0.1) is 11.8 Å². The molecule has 0 saturated heterocycles. The molecule has 0 aromatic carbocycles. The highest BCUT2D eigenvalue weighted by molar-refractivity contribution is 5.67. The summed E-state index contributed by atoms with van der Waals surface area (Å²) in [5.41, 5.74) is 0. The van der Waals surface area contributed by atoms with E-state index in [0.29, 0.717) is 110 Å². The van der Waals surface area contributed by atoms with Crippen LogP contribution < -0.4 is 5.32 Å². The van der Waals surface area contributed by atoms with Crippen molar-refractivity contribution in [1.29, 1.82) is 0 Å². The van der Waals surface area contributed by atoms with Crippen LogP contribution in [0.3, 0.4) is 0 Å². The molecule has 0 bridgehead atoms. The van der Waals surface area contributed by atoms with Crippen LogP contribution in [-0.2, 0) is 33.2 Å². The van der Waals surface area contributed by atoms with Crippen LogP contribution in [0.1, 0.15) is 25.7 Å². The van der Waals surface area contributed by atoms with Crippen molar-refractivity contribution in [2.45, 2.75) is 25.7 Å². The molecule has 0 aliphatic heterocycles. The SMILES string of the molecule is O=C(NCCOCCOCCOCCOCCOCCOCCO)OCC1[C@H]2CCC#CCC[C@@H]12. The van der Waals surface area contributed by atoms with Gasteiger partial charge in [0.1, 0.15) is 0 Å². The fourth-order valence-electron chi connectivity index (χ4n) is 4.00. The molecule has 0 spiro atoms. The highest BCUT2D eigenvalue weighted by atomic mass is 16.6. The largest absolute Gasteiger partial charge is 0.449 e. The van der Waals surface area contributed by atoms with Gasteiger partial charge in [-0.1, -0.05) is 0 Å². The van der Waals surface area contributed by atoms with Crippen LogP contribution in [0.2, 0.25) is 0 Å². The first-order chi connectivity index (χ1) is 17.3. The molecule has 0 aromatic rings. The minimum atomic E-state index is -0.377. The number of aliphatic hydroxyl groups is 1. The van der Waals surface area contributed by atoms with Crippen molar-refractivity contribution in [2.75, 3.05) is 99.0 Å². The van der Waals surface area contributed by atoms with Crippen molar-refractivity contribution in [3.63, 3.8) is 0 Å². The Bertz CT molecular complexity index is 577. The first-order valence-corrected chi connectivity index (χ1v) is 12.8. The Morgan fingerprint density at radius 1 is 0.686 bits per heavy atom. The molecule has 2 rings (SSSR count). The molecular formula is C25H43NO9. The highest BCUT2D eigenvalue weighted by Crippen LogP contribution is 2.52. The lowest BCUT2D eigenvalue weighted by Crippen LogP contribution is -2.29. The summed E-state index contributed by atoms with van der Waals surface area (Å²) >= 11 is 0. The lowest BCUT2D eigenvalue weighted by atomic mass is 10.1. The van der Waals surface area contributed by atoms with Gasteiger partial charge >= 0.3 is 6.09 Å². The molecule has 10 nitrogen and oxygen atoms in total. The van der Waals surface area contributed by atoms with Crippen molar-refractivity contribution in [1.82, 2.24) is 5.32 Å². The fraction of sp³-hybridized carbons (Fsp3) is 0.880. The van der Waals surface area contributed by atoms with E-state index in [4.69, 9.17) is 38.3 Å². The Kier molecular flexibility index (Phi) is 17.6. The van der Waals surface area contributed by atoms with Crippen molar-refractivity contribution in [2.24, 2.45) is 17.8 Å². The van der Waals surface area contributed by atoms with Gasteiger partial charge in [0.2, 0.25) is 0 Å². The number of aliphatic hydroxyl groups excluding tert-OH is 1. The zero-order chi connectivity index (χ0) is 24.8. The summed E-state index contributed by atoms with van der Waals surface area (Å²) in [6.45, 7) is 6.55. The van der Waals surface area contributed by atoms with Gasteiger partial charge in [0, 0.05) is 19.4 Å². The molecule has 2 aliphatic rings. The monoisotopic (exact) mass is 501 g/mol. The number of carbonyl (C=O) groups excluding carboxylic acids is 1. The summed E-state index contributed by atoms with van der Waals surface area (Å²) in [5, 5.41) is 11.3. The van der Waals surface area contributed by atoms with Gasteiger partial charge in [0.05, 0.1) is 92.5 Å². The maximum Gasteiger partial charge on any atom is 0.407 e. The molecule has 0 radical (unpaired) electrons. The van der Waals surface area contributed by atoms with Crippen LogP contribution in [0.15, 0.2) is 0 Å². The molecule has 1 amide bonds. The number of hydrogen-bond donors (Lipinski definition) is 2. The van der Waals surface area contributed by atoms with E-state index in [9.17, 15) is 4.79 Å². The van der Waals surface area contributed by atoms with Crippen LogP contribution in [-0.4, -0.2) is 110 Å². The Morgan fingerprint density at radius 2 is 1.11 bits per heavy atom. The minimum Gasteiger partial charge on any atom is -0.449 e. The number of nitrogens with one attached hydrogen (secondary N) is 1. The molecule has 2 N–H and O–H groups in total. The second-order valence-corrected chi connectivity index (χ2v) is 8.35. The lowest BCUT2D eigenvalue weighted by Gasteiger charge is -2.09. The number of alkyl carbamates (subject to hydrolysis) is 1. The van der Waals surface area contributed by atoms with Gasteiger partial charge in [-0.05, 0) is 30.6 Å². The first-order valence-electron chi connectivity index (χ1n) is 12.8. The quantitative estimate of drug-likeness (QED) is 0.167. The second kappa shape index (κ2) is 20.7. The predicted octanol–water partition coefficient (Wildman–Crippen LogP) is 1.24. The van der Waals surface area contributed by atoms with Gasteiger partial charge in [-0.3, -0.25) is 0 Å². The second-order valence-electron chi connectivity index (χ2n) is 8.35. The Hall–Kier alpha value is -1.45. The Balaban J connectivity index is 1.23. The van der Waals surface area contributed by atoms with Gasteiger partial charge < -0.3 is 43.6 Å². The van der Waals surface area contributed by atoms with Crippen LogP contribution in [0.5, 0.6) is 0 Å². The van der Waals surface area contributed by atoms with E-state index in [1.54, 1.807) is 0 Å². The lowest BCUT2D eigenvalue weighted by molar-refractivity contribution is -0.0180. The molecule has 1 unspecified atom stereocenters. The number of ether oxygens (including phenoxy) is 7. The third-order valence-corrected chi connectivity index (χ3v) is 5.86. The van der Waals surface area contributed by atoms with E-state index in [1.165, 1.54) is 0 Å². The highest BCUT2D eigenvalue weighted by Gasteiger charge is 2.49. The normalized spacial score (nSPS) is 20.8. The standard InChI is InChI=1S/C25H43NO9/c27-8-10-30-12-14-32-16-18-34-20-19-33-17-15-31-13-11-29-9-7-26-25(28)35-21-24-22-5-3-1-2-4-6-23(22)24/h22-24,27H,3-21H2,(H,26,28)/t22-,23+,24?. The number of amides is 1. The Labute approximate surface area is 209 Å². The number of hydrogen-bond acceptors (Lipinski definition) is 9. The van der Waals surface area contributed by atoms with Crippen LogP contribution in [0.4, 0.5) is 4.79 Å². The van der Waals surface area contributed by atoms with E-state index in [2.05, 4.69) is 17.2 Å². The van der Waals surface area contributed by atoms with Gasteiger partial charge in [-0.2, -0.15) is 0 Å². The van der Waals surface area contributed by atoms with Crippen molar-refractivity contribution >= 4 is 6.09 Å². The predicted molar refractivity (Wildman–Crippen MR) is 128 cm³/mol. The molecule has 2 aliphatic carbocycles. The van der Waals surface area contributed by atoms with Crippen molar-refractivity contribution in [3.05, 3.63) is 0 Å².